The first-order valence-electron chi connectivity index (χ1n) is 7.65. The minimum Gasteiger partial charge on any atom is -0.867 e. The number of hydrogen-bond acceptors (Lipinski definition) is 2. The molecule has 0 radical (unpaired) electrons. The average Bonchev–Trinajstić information content (AvgIpc) is 2.63. The molecular weight excluding hydrogens is 352 g/mol. The quantitative estimate of drug-likeness (QED) is 0.331. The number of hydrogen-bond donors (Lipinski definition) is 1. The second-order valence-electron chi connectivity index (χ2n) is 5.29. The number of benzene rings is 2. The van der Waals surface area contributed by atoms with Gasteiger partial charge in [0.25, 0.3) is 0 Å². The zero-order chi connectivity index (χ0) is 17.6. The maximum atomic E-state index is 13.1. The fourth-order valence-corrected chi connectivity index (χ4v) is 2.87. The molecule has 0 spiro atoms. The molecule has 0 amide bonds. The second-order valence-corrected chi connectivity index (χ2v) is 6.14. The molecule has 3 rings (SSSR count). The fraction of sp³-hybridized carbons (Fsp3) is 0. The van der Waals surface area contributed by atoms with Gasteiger partial charge in [-0.25, -0.2) is 0 Å². The van der Waals surface area contributed by atoms with Gasteiger partial charge in [0.2, 0.25) is 5.70 Å². The zero-order valence-corrected chi connectivity index (χ0v) is 14.8. The highest BCUT2D eigenvalue weighted by Crippen LogP contribution is 2.19. The molecule has 0 saturated carbocycles. The third-order valence-electron chi connectivity index (χ3n) is 3.52. The normalized spacial score (nSPS) is 11.6. The molecule has 0 atom stereocenters. The Labute approximate surface area is 156 Å². The summed E-state index contributed by atoms with van der Waals surface area (Å²) in [5, 5.41) is 16.7. The van der Waals surface area contributed by atoms with E-state index in [1.165, 1.54) is 0 Å². The number of para-hydroxylation sites is 1. The number of nitrogens with one attached hydrogen (secondary N) is 1. The van der Waals surface area contributed by atoms with Crippen LogP contribution in [0.5, 0.6) is 0 Å². The summed E-state index contributed by atoms with van der Waals surface area (Å²) in [5.41, 5.74) is 1.67. The molecule has 124 valence electrons. The number of halogens is 1. The zero-order valence-electron chi connectivity index (χ0n) is 13.2. The van der Waals surface area contributed by atoms with Gasteiger partial charge in [-0.15, -0.1) is 0 Å². The molecule has 0 aliphatic rings. The van der Waals surface area contributed by atoms with Gasteiger partial charge in [-0.2, -0.15) is 4.57 Å². The summed E-state index contributed by atoms with van der Waals surface area (Å²) in [4.78, 5) is 0.340. The molecule has 1 N–H and O–H groups in total. The van der Waals surface area contributed by atoms with E-state index >= 15 is 0 Å². The lowest BCUT2D eigenvalue weighted by molar-refractivity contribution is -0.577. The Morgan fingerprint density at radius 1 is 0.920 bits per heavy atom. The molecule has 0 aliphatic carbocycles. The predicted molar refractivity (Wildman–Crippen MR) is 104 cm³/mol. The molecule has 1 aromatic heterocycles. The molecule has 25 heavy (non-hydrogen) atoms. The van der Waals surface area contributed by atoms with E-state index in [0.717, 1.165) is 5.69 Å². The van der Waals surface area contributed by atoms with Gasteiger partial charge in [0.15, 0.2) is 17.4 Å². The molecule has 0 bridgehead atoms. The number of rotatable bonds is 4. The van der Waals surface area contributed by atoms with Crippen molar-refractivity contribution in [1.29, 1.82) is 0 Å². The molecule has 0 fully saturated rings. The molecular formula is C20H15ClN2OS. The molecule has 3 aromatic rings. The molecule has 0 saturated heterocycles. The van der Waals surface area contributed by atoms with E-state index in [-0.39, 0.29) is 5.76 Å². The lowest BCUT2D eigenvalue weighted by atomic mass is 10.1. The van der Waals surface area contributed by atoms with E-state index in [1.807, 2.05) is 48.5 Å². The van der Waals surface area contributed by atoms with E-state index in [4.69, 9.17) is 23.8 Å². The summed E-state index contributed by atoms with van der Waals surface area (Å²) >= 11 is 11.6. The van der Waals surface area contributed by atoms with Crippen LogP contribution in [0.4, 0.5) is 5.69 Å². The van der Waals surface area contributed by atoms with E-state index in [9.17, 15) is 5.11 Å². The Morgan fingerprint density at radius 3 is 2.28 bits per heavy atom. The standard InChI is InChI=1S/C20H15ClN2OS/c21-16-9-7-8-15(14-16)19(24)18(23-12-5-2-6-13-23)20(25)22-17-10-3-1-4-11-17/h1-14H,(H-,22,24,25). The van der Waals surface area contributed by atoms with Gasteiger partial charge >= 0.3 is 0 Å². The third-order valence-corrected chi connectivity index (χ3v) is 4.05. The van der Waals surface area contributed by atoms with Crippen LogP contribution in [-0.2, 0) is 0 Å². The Hall–Kier alpha value is -2.69. The van der Waals surface area contributed by atoms with Crippen LogP contribution in [0.25, 0.3) is 11.5 Å². The van der Waals surface area contributed by atoms with Gasteiger partial charge in [0, 0.05) is 22.8 Å². The monoisotopic (exact) mass is 366 g/mol. The van der Waals surface area contributed by atoms with Crippen molar-refractivity contribution < 1.29 is 9.67 Å². The van der Waals surface area contributed by atoms with Crippen molar-refractivity contribution in [1.82, 2.24) is 0 Å². The summed E-state index contributed by atoms with van der Waals surface area (Å²) in [5.74, 6) is -0.202. The van der Waals surface area contributed by atoms with Crippen LogP contribution >= 0.6 is 23.8 Å². The van der Waals surface area contributed by atoms with Crippen LogP contribution in [0.1, 0.15) is 5.56 Å². The predicted octanol–water partition coefficient (Wildman–Crippen LogP) is 3.75. The summed E-state index contributed by atoms with van der Waals surface area (Å²) < 4.78 is 1.71. The Bertz CT molecular complexity index is 911. The van der Waals surface area contributed by atoms with Gasteiger partial charge in [-0.05, 0) is 35.6 Å². The molecule has 3 nitrogen and oxygen atoms in total. The SMILES string of the molecule is [O-]/C(=C(\C(=S)Nc1ccccc1)[n+]1ccccc1)c1cccc(Cl)c1. The van der Waals surface area contributed by atoms with Crippen LogP contribution in [0, 0.1) is 0 Å². The molecule has 2 aromatic carbocycles. The summed E-state index contributed by atoms with van der Waals surface area (Å²) in [6.07, 6.45) is 3.58. The van der Waals surface area contributed by atoms with Crippen LogP contribution in [-0.4, -0.2) is 4.99 Å². The van der Waals surface area contributed by atoms with Crippen LogP contribution in [0.15, 0.2) is 85.2 Å². The number of anilines is 1. The van der Waals surface area contributed by atoms with Gasteiger partial charge in [0.05, 0.1) is 0 Å². The van der Waals surface area contributed by atoms with Gasteiger partial charge in [-0.3, -0.25) is 0 Å². The van der Waals surface area contributed by atoms with Crippen LogP contribution in [0.2, 0.25) is 5.02 Å². The van der Waals surface area contributed by atoms with Crippen LogP contribution < -0.4 is 15.0 Å². The molecule has 5 heteroatoms. The van der Waals surface area contributed by atoms with Crippen molar-refractivity contribution >= 4 is 46.0 Å². The van der Waals surface area contributed by atoms with E-state index in [2.05, 4.69) is 5.32 Å². The highest BCUT2D eigenvalue weighted by atomic mass is 35.5. The van der Waals surface area contributed by atoms with Crippen molar-refractivity contribution in [3.63, 3.8) is 0 Å². The number of pyridine rings is 1. The third kappa shape index (κ3) is 4.24. The van der Waals surface area contributed by atoms with Crippen molar-refractivity contribution in [3.05, 3.63) is 95.8 Å². The smallest absolute Gasteiger partial charge is 0.238 e. The molecule has 0 unspecified atom stereocenters. The maximum absolute atomic E-state index is 13.1. The van der Waals surface area contributed by atoms with Crippen molar-refractivity contribution in [3.8, 4) is 0 Å². The minimum absolute atomic E-state index is 0.202. The Morgan fingerprint density at radius 2 is 1.60 bits per heavy atom. The molecule has 1 heterocycles. The van der Waals surface area contributed by atoms with Crippen molar-refractivity contribution in [2.75, 3.05) is 5.32 Å². The van der Waals surface area contributed by atoms with E-state index in [1.54, 1.807) is 41.2 Å². The topological polar surface area (TPSA) is 39.0 Å². The van der Waals surface area contributed by atoms with Gasteiger partial charge in [-0.1, -0.05) is 60.2 Å². The summed E-state index contributed by atoms with van der Waals surface area (Å²) in [6, 6.07) is 21.9. The Kier molecular flexibility index (Phi) is 5.43. The van der Waals surface area contributed by atoms with Crippen molar-refractivity contribution in [2.45, 2.75) is 0 Å². The number of thiocarbonyl (C=S) groups is 1. The lowest BCUT2D eigenvalue weighted by Gasteiger charge is -2.17. The molecule has 0 aliphatic heterocycles. The van der Waals surface area contributed by atoms with Crippen LogP contribution in [0.3, 0.4) is 0 Å². The maximum Gasteiger partial charge on any atom is 0.238 e. The first kappa shape index (κ1) is 17.1. The number of aromatic nitrogens is 1. The second kappa shape index (κ2) is 7.92. The first-order chi connectivity index (χ1) is 12.1. The lowest BCUT2D eigenvalue weighted by Crippen LogP contribution is -2.39. The average molecular weight is 367 g/mol. The van der Waals surface area contributed by atoms with E-state index < -0.39 is 0 Å². The Balaban J connectivity index is 2.07. The highest BCUT2D eigenvalue weighted by Gasteiger charge is 2.18. The van der Waals surface area contributed by atoms with E-state index in [0.29, 0.717) is 21.3 Å². The van der Waals surface area contributed by atoms with Crippen molar-refractivity contribution in [2.24, 2.45) is 0 Å². The van der Waals surface area contributed by atoms with Gasteiger partial charge < -0.3 is 10.4 Å². The highest BCUT2D eigenvalue weighted by molar-refractivity contribution is 7.81. The first-order valence-corrected chi connectivity index (χ1v) is 8.44. The fourth-order valence-electron chi connectivity index (χ4n) is 2.36. The largest absolute Gasteiger partial charge is 0.867 e. The summed E-state index contributed by atoms with van der Waals surface area (Å²) in [7, 11) is 0. The summed E-state index contributed by atoms with van der Waals surface area (Å²) in [6.45, 7) is 0. The number of nitrogens with zero attached hydrogens (tertiary/aromatic N) is 1. The minimum atomic E-state index is -0.202. The van der Waals surface area contributed by atoms with Gasteiger partial charge in [0.1, 0.15) is 0 Å².